The zero-order valence-electron chi connectivity index (χ0n) is 13.6. The van der Waals surface area contributed by atoms with Crippen molar-refractivity contribution < 1.29 is 18.7 Å². The maximum absolute atomic E-state index is 12.8. The highest BCUT2D eigenvalue weighted by atomic mass is 16.5. The molecule has 0 N–H and O–H groups in total. The highest BCUT2D eigenvalue weighted by molar-refractivity contribution is 5.91. The Balaban J connectivity index is 1.97. The molecule has 1 aliphatic heterocycles. The molecule has 0 unspecified atom stereocenters. The summed E-state index contributed by atoms with van der Waals surface area (Å²) in [5.74, 6) is 0.614. The Hall–Kier alpha value is -2.83. The summed E-state index contributed by atoms with van der Waals surface area (Å²) < 4.78 is 10.6. The van der Waals surface area contributed by atoms with E-state index >= 15 is 0 Å². The lowest BCUT2D eigenvalue weighted by Gasteiger charge is -2.41. The molecule has 0 saturated carbocycles. The summed E-state index contributed by atoms with van der Waals surface area (Å²) in [6.45, 7) is 2.85. The molecule has 3 rings (SSSR count). The van der Waals surface area contributed by atoms with Crippen LogP contribution in [0.4, 0.5) is 0 Å². The van der Waals surface area contributed by atoms with E-state index in [9.17, 15) is 9.59 Å². The number of amides is 2. The second-order valence-corrected chi connectivity index (χ2v) is 5.59. The van der Waals surface area contributed by atoms with Gasteiger partial charge >= 0.3 is 0 Å². The van der Waals surface area contributed by atoms with E-state index in [4.69, 9.17) is 9.15 Å². The molecule has 7 heteroatoms. The van der Waals surface area contributed by atoms with Gasteiger partial charge in [-0.2, -0.15) is 0 Å². The third-order valence-electron chi connectivity index (χ3n) is 4.23. The number of rotatable bonds is 3. The highest BCUT2D eigenvalue weighted by Gasteiger charge is 2.35. The molecule has 0 bridgehead atoms. The largest absolute Gasteiger partial charge is 0.496 e. The van der Waals surface area contributed by atoms with Crippen molar-refractivity contribution in [3.63, 3.8) is 0 Å². The molecular formula is C17H19N3O4. The van der Waals surface area contributed by atoms with Crippen molar-refractivity contribution in [2.75, 3.05) is 26.7 Å². The summed E-state index contributed by atoms with van der Waals surface area (Å²) in [7, 11) is 1.59. The molecule has 24 heavy (non-hydrogen) atoms. The molecule has 126 valence electrons. The van der Waals surface area contributed by atoms with E-state index in [2.05, 4.69) is 4.98 Å². The number of hydrogen-bond acceptors (Lipinski definition) is 5. The normalized spacial score (nSPS) is 17.7. The van der Waals surface area contributed by atoms with Gasteiger partial charge in [-0.1, -0.05) is 18.2 Å². The van der Waals surface area contributed by atoms with Crippen LogP contribution in [0.5, 0.6) is 5.75 Å². The summed E-state index contributed by atoms with van der Waals surface area (Å²) in [5, 5.41) is 0. The highest BCUT2D eigenvalue weighted by Crippen LogP contribution is 2.33. The van der Waals surface area contributed by atoms with Crippen LogP contribution >= 0.6 is 0 Å². The van der Waals surface area contributed by atoms with Crippen LogP contribution in [-0.2, 0) is 4.79 Å². The summed E-state index contributed by atoms with van der Waals surface area (Å²) in [6.07, 6.45) is 2.64. The van der Waals surface area contributed by atoms with Gasteiger partial charge in [-0.3, -0.25) is 9.59 Å². The van der Waals surface area contributed by atoms with Gasteiger partial charge in [0.15, 0.2) is 6.39 Å². The number of benzene rings is 1. The molecular weight excluding hydrogens is 310 g/mol. The third kappa shape index (κ3) is 2.97. The van der Waals surface area contributed by atoms with E-state index in [1.54, 1.807) is 16.9 Å². The topological polar surface area (TPSA) is 75.9 Å². The lowest BCUT2D eigenvalue weighted by atomic mass is 10.0. The van der Waals surface area contributed by atoms with Gasteiger partial charge in [-0.05, 0) is 6.07 Å². The van der Waals surface area contributed by atoms with Crippen LogP contribution in [-0.4, -0.2) is 53.3 Å². The molecule has 1 fully saturated rings. The van der Waals surface area contributed by atoms with E-state index in [-0.39, 0.29) is 23.6 Å². The Bertz CT molecular complexity index is 729. The van der Waals surface area contributed by atoms with Gasteiger partial charge in [-0.15, -0.1) is 0 Å². The molecule has 1 aromatic heterocycles. The van der Waals surface area contributed by atoms with Crippen LogP contribution < -0.4 is 4.74 Å². The molecule has 1 saturated heterocycles. The average molecular weight is 329 g/mol. The van der Waals surface area contributed by atoms with Crippen molar-refractivity contribution in [2.45, 2.75) is 13.0 Å². The number of carbonyl (C=O) groups is 2. The summed E-state index contributed by atoms with van der Waals surface area (Å²) in [5.41, 5.74) is 0.860. The number of para-hydroxylation sites is 1. The Morgan fingerprint density at radius 2 is 2.08 bits per heavy atom. The zero-order valence-corrected chi connectivity index (χ0v) is 13.6. The van der Waals surface area contributed by atoms with Crippen molar-refractivity contribution in [3.05, 3.63) is 48.2 Å². The molecule has 2 aromatic rings. The van der Waals surface area contributed by atoms with Gasteiger partial charge in [0.1, 0.15) is 5.75 Å². The van der Waals surface area contributed by atoms with Crippen molar-refractivity contribution in [1.82, 2.24) is 14.8 Å². The van der Waals surface area contributed by atoms with Crippen LogP contribution in [0.3, 0.4) is 0 Å². The van der Waals surface area contributed by atoms with E-state index in [0.717, 1.165) is 5.56 Å². The first-order valence-electron chi connectivity index (χ1n) is 7.69. The molecule has 1 aromatic carbocycles. The summed E-state index contributed by atoms with van der Waals surface area (Å²) in [6, 6.07) is 7.21. The van der Waals surface area contributed by atoms with Crippen LogP contribution in [0.15, 0.2) is 41.3 Å². The molecule has 2 amide bonds. The lowest BCUT2D eigenvalue weighted by molar-refractivity contribution is -0.131. The van der Waals surface area contributed by atoms with Gasteiger partial charge in [0, 0.05) is 32.1 Å². The number of aromatic nitrogens is 1. The molecule has 0 spiro atoms. The van der Waals surface area contributed by atoms with Crippen LogP contribution in [0, 0.1) is 0 Å². The predicted octanol–water partition coefficient (Wildman–Crippen LogP) is 1.73. The minimum Gasteiger partial charge on any atom is -0.496 e. The molecule has 0 radical (unpaired) electrons. The number of oxazole rings is 1. The number of hydrogen-bond donors (Lipinski definition) is 0. The smallest absolute Gasteiger partial charge is 0.291 e. The minimum absolute atomic E-state index is 0.0123. The van der Waals surface area contributed by atoms with Gasteiger partial charge in [0.2, 0.25) is 11.7 Å². The Morgan fingerprint density at radius 1 is 1.29 bits per heavy atom. The van der Waals surface area contributed by atoms with Crippen molar-refractivity contribution in [1.29, 1.82) is 0 Å². The Kier molecular flexibility index (Phi) is 4.50. The first-order chi connectivity index (χ1) is 11.6. The minimum atomic E-state index is -0.309. The van der Waals surface area contributed by atoms with Gasteiger partial charge in [-0.25, -0.2) is 4.98 Å². The van der Waals surface area contributed by atoms with Crippen LogP contribution in [0.1, 0.15) is 29.1 Å². The quantitative estimate of drug-likeness (QED) is 0.857. The first-order valence-corrected chi connectivity index (χ1v) is 7.69. The number of nitrogens with zero attached hydrogens (tertiary/aromatic N) is 3. The molecule has 1 aliphatic rings. The SMILES string of the molecule is COc1ccccc1[C@@H]1CN(C(C)=O)CCN1C(=O)c1cnco1. The Morgan fingerprint density at radius 3 is 2.75 bits per heavy atom. The summed E-state index contributed by atoms with van der Waals surface area (Å²) >= 11 is 0. The third-order valence-corrected chi connectivity index (χ3v) is 4.23. The molecule has 0 aliphatic carbocycles. The fourth-order valence-electron chi connectivity index (χ4n) is 2.98. The van der Waals surface area contributed by atoms with E-state index in [0.29, 0.717) is 25.4 Å². The maximum Gasteiger partial charge on any atom is 0.291 e. The first kappa shape index (κ1) is 16.0. The lowest BCUT2D eigenvalue weighted by Crippen LogP contribution is -2.51. The standard InChI is InChI=1S/C17H19N3O4/c1-12(21)19-7-8-20(17(22)16-9-18-11-24-16)14(10-19)13-5-3-4-6-15(13)23-2/h3-6,9,11,14H,7-8,10H2,1-2H3/t14-/m0/s1. The van der Waals surface area contributed by atoms with E-state index in [1.165, 1.54) is 19.5 Å². The zero-order chi connectivity index (χ0) is 17.1. The maximum atomic E-state index is 12.8. The molecule has 7 nitrogen and oxygen atoms in total. The fraction of sp³-hybridized carbons (Fsp3) is 0.353. The van der Waals surface area contributed by atoms with Gasteiger partial charge in [0.05, 0.1) is 19.3 Å². The second-order valence-electron chi connectivity index (χ2n) is 5.59. The Labute approximate surface area is 139 Å². The van der Waals surface area contributed by atoms with Crippen LogP contribution in [0.2, 0.25) is 0 Å². The molecule has 2 heterocycles. The van der Waals surface area contributed by atoms with Crippen LogP contribution in [0.25, 0.3) is 0 Å². The monoisotopic (exact) mass is 329 g/mol. The number of carbonyl (C=O) groups excluding carboxylic acids is 2. The predicted molar refractivity (Wildman–Crippen MR) is 85.5 cm³/mol. The van der Waals surface area contributed by atoms with E-state index < -0.39 is 0 Å². The molecule has 1 atom stereocenters. The van der Waals surface area contributed by atoms with Crippen molar-refractivity contribution in [2.24, 2.45) is 0 Å². The van der Waals surface area contributed by atoms with Gasteiger partial charge in [0.25, 0.3) is 5.91 Å². The van der Waals surface area contributed by atoms with Crippen molar-refractivity contribution >= 4 is 11.8 Å². The van der Waals surface area contributed by atoms with Gasteiger partial charge < -0.3 is 19.0 Å². The number of methoxy groups -OCH3 is 1. The summed E-state index contributed by atoms with van der Waals surface area (Å²) in [4.78, 5) is 31.8. The fourth-order valence-corrected chi connectivity index (χ4v) is 2.98. The number of ether oxygens (including phenoxy) is 1. The van der Waals surface area contributed by atoms with Crippen molar-refractivity contribution in [3.8, 4) is 5.75 Å². The average Bonchev–Trinajstić information content (AvgIpc) is 3.15. The second kappa shape index (κ2) is 6.74. The number of piperazine rings is 1. The van der Waals surface area contributed by atoms with E-state index in [1.807, 2.05) is 24.3 Å².